The van der Waals surface area contributed by atoms with Crippen molar-refractivity contribution in [2.75, 3.05) is 0 Å². The lowest BCUT2D eigenvalue weighted by molar-refractivity contribution is -0.0504. The van der Waals surface area contributed by atoms with Crippen molar-refractivity contribution in [3.8, 4) is 11.4 Å². The second kappa shape index (κ2) is 7.98. The molecule has 1 aliphatic carbocycles. The lowest BCUT2D eigenvalue weighted by Crippen LogP contribution is -2.25. The van der Waals surface area contributed by atoms with Gasteiger partial charge in [0.25, 0.3) is 5.91 Å². The van der Waals surface area contributed by atoms with Gasteiger partial charge in [0.15, 0.2) is 5.69 Å². The van der Waals surface area contributed by atoms with Gasteiger partial charge in [-0.15, -0.1) is 0 Å². The van der Waals surface area contributed by atoms with Crippen molar-refractivity contribution in [3.05, 3.63) is 76.9 Å². The van der Waals surface area contributed by atoms with Gasteiger partial charge in [0.1, 0.15) is 11.6 Å². The number of rotatable bonds is 6. The summed E-state index contributed by atoms with van der Waals surface area (Å²) in [5, 5.41) is 7.18. The highest BCUT2D eigenvalue weighted by atomic mass is 19.3. The number of amides is 1. The summed E-state index contributed by atoms with van der Waals surface area (Å²) in [4.78, 5) is 12.8. The smallest absolute Gasteiger partial charge is 0.387 e. The first-order valence-corrected chi connectivity index (χ1v) is 9.20. The summed E-state index contributed by atoms with van der Waals surface area (Å²) in [6, 6.07) is 12.2. The molecule has 0 unspecified atom stereocenters. The molecule has 0 saturated heterocycles. The van der Waals surface area contributed by atoms with E-state index in [9.17, 15) is 18.0 Å². The zero-order valence-corrected chi connectivity index (χ0v) is 15.4. The number of carbonyl (C=O) groups is 1. The van der Waals surface area contributed by atoms with E-state index in [1.165, 1.54) is 18.2 Å². The molecule has 8 heteroatoms. The Morgan fingerprint density at radius 3 is 2.66 bits per heavy atom. The van der Waals surface area contributed by atoms with Crippen LogP contribution in [0.3, 0.4) is 0 Å². The molecule has 1 aliphatic rings. The standard InChI is InChI=1S/C21H18F3N3O2/c22-14-8-10-15(11-9-14)27-17-6-3-5-16(17)19(26-27)20(28)25-12-13-4-1-2-7-18(13)29-21(23)24/h1-2,4,7-11,21H,3,5-6,12H2,(H,25,28). The Labute approximate surface area is 165 Å². The summed E-state index contributed by atoms with van der Waals surface area (Å²) in [5.74, 6) is -0.721. The van der Waals surface area contributed by atoms with Crippen molar-refractivity contribution in [2.24, 2.45) is 0 Å². The highest BCUT2D eigenvalue weighted by Gasteiger charge is 2.27. The van der Waals surface area contributed by atoms with Gasteiger partial charge in [0, 0.05) is 23.4 Å². The molecule has 0 spiro atoms. The normalized spacial score (nSPS) is 12.8. The zero-order valence-electron chi connectivity index (χ0n) is 15.4. The van der Waals surface area contributed by atoms with Gasteiger partial charge in [-0.2, -0.15) is 13.9 Å². The van der Waals surface area contributed by atoms with Crippen LogP contribution < -0.4 is 10.1 Å². The molecule has 0 radical (unpaired) electrons. The average molecular weight is 401 g/mol. The number of carbonyl (C=O) groups excluding carboxylic acids is 1. The van der Waals surface area contributed by atoms with Crippen LogP contribution in [0.5, 0.6) is 5.75 Å². The summed E-state index contributed by atoms with van der Waals surface area (Å²) in [5.41, 5.74) is 3.22. The number of halogens is 3. The van der Waals surface area contributed by atoms with E-state index in [1.807, 2.05) is 0 Å². The Bertz CT molecular complexity index is 1030. The lowest BCUT2D eigenvalue weighted by Gasteiger charge is -2.11. The van der Waals surface area contributed by atoms with Crippen LogP contribution in [0.15, 0.2) is 48.5 Å². The largest absolute Gasteiger partial charge is 0.434 e. The number of fused-ring (bicyclic) bond motifs is 1. The average Bonchev–Trinajstić information content (AvgIpc) is 3.30. The van der Waals surface area contributed by atoms with Crippen LogP contribution in [0.25, 0.3) is 5.69 Å². The summed E-state index contributed by atoms with van der Waals surface area (Å²) < 4.78 is 44.5. The first-order valence-electron chi connectivity index (χ1n) is 9.20. The molecule has 1 amide bonds. The van der Waals surface area contributed by atoms with Crippen LogP contribution in [0, 0.1) is 5.82 Å². The maximum atomic E-state index is 13.2. The van der Waals surface area contributed by atoms with Crippen LogP contribution in [0.1, 0.15) is 33.7 Å². The molecule has 4 rings (SSSR count). The van der Waals surface area contributed by atoms with E-state index >= 15 is 0 Å². The Hall–Kier alpha value is -3.29. The fourth-order valence-electron chi connectivity index (χ4n) is 3.54. The molecule has 150 valence electrons. The van der Waals surface area contributed by atoms with Gasteiger partial charge in [0.2, 0.25) is 0 Å². The molecule has 0 atom stereocenters. The summed E-state index contributed by atoms with van der Waals surface area (Å²) >= 11 is 0. The van der Waals surface area contributed by atoms with Crippen LogP contribution in [-0.2, 0) is 19.4 Å². The predicted molar refractivity (Wildman–Crippen MR) is 99.8 cm³/mol. The number of para-hydroxylation sites is 1. The van der Waals surface area contributed by atoms with Crippen LogP contribution in [-0.4, -0.2) is 22.3 Å². The fourth-order valence-corrected chi connectivity index (χ4v) is 3.54. The molecular weight excluding hydrogens is 383 g/mol. The highest BCUT2D eigenvalue weighted by Crippen LogP contribution is 2.28. The Morgan fingerprint density at radius 1 is 1.14 bits per heavy atom. The summed E-state index contributed by atoms with van der Waals surface area (Å²) in [7, 11) is 0. The van der Waals surface area contributed by atoms with Gasteiger partial charge in [0.05, 0.1) is 5.69 Å². The number of alkyl halides is 2. The number of nitrogens with one attached hydrogen (secondary N) is 1. The van der Waals surface area contributed by atoms with Crippen molar-refractivity contribution in [2.45, 2.75) is 32.4 Å². The van der Waals surface area contributed by atoms with E-state index < -0.39 is 12.5 Å². The molecule has 1 N–H and O–H groups in total. The number of ether oxygens (including phenoxy) is 1. The third kappa shape index (κ3) is 3.96. The quantitative estimate of drug-likeness (QED) is 0.679. The van der Waals surface area contributed by atoms with E-state index in [0.717, 1.165) is 30.5 Å². The van der Waals surface area contributed by atoms with Crippen molar-refractivity contribution in [1.82, 2.24) is 15.1 Å². The lowest BCUT2D eigenvalue weighted by atomic mass is 10.1. The second-order valence-electron chi connectivity index (χ2n) is 6.68. The minimum atomic E-state index is -2.94. The van der Waals surface area contributed by atoms with Crippen molar-refractivity contribution < 1.29 is 22.7 Å². The molecule has 0 aliphatic heterocycles. The van der Waals surface area contributed by atoms with Gasteiger partial charge in [-0.05, 0) is 49.6 Å². The number of hydrogen-bond acceptors (Lipinski definition) is 3. The monoisotopic (exact) mass is 401 g/mol. The highest BCUT2D eigenvalue weighted by molar-refractivity contribution is 5.94. The molecule has 29 heavy (non-hydrogen) atoms. The molecule has 5 nitrogen and oxygen atoms in total. The topological polar surface area (TPSA) is 56.1 Å². The third-order valence-corrected chi connectivity index (χ3v) is 4.84. The molecule has 2 aromatic carbocycles. The minimum absolute atomic E-state index is 0.0184. The van der Waals surface area contributed by atoms with Gasteiger partial charge >= 0.3 is 6.61 Å². The van der Waals surface area contributed by atoms with E-state index in [0.29, 0.717) is 16.9 Å². The Kier molecular flexibility index (Phi) is 5.24. The Balaban J connectivity index is 1.56. The summed E-state index contributed by atoms with van der Waals surface area (Å²) in [6.07, 6.45) is 2.40. The first-order chi connectivity index (χ1) is 14.0. The molecular formula is C21H18F3N3O2. The summed E-state index contributed by atoms with van der Waals surface area (Å²) in [6.45, 7) is -2.92. The SMILES string of the molecule is O=C(NCc1ccccc1OC(F)F)c1nn(-c2ccc(F)cc2)c2c1CCC2. The van der Waals surface area contributed by atoms with Gasteiger partial charge in [-0.1, -0.05) is 18.2 Å². The van der Waals surface area contributed by atoms with E-state index in [-0.39, 0.29) is 18.1 Å². The van der Waals surface area contributed by atoms with Crippen LogP contribution in [0.4, 0.5) is 13.2 Å². The molecule has 1 heterocycles. The van der Waals surface area contributed by atoms with Gasteiger partial charge in [-0.25, -0.2) is 9.07 Å². The molecule has 0 saturated carbocycles. The number of benzene rings is 2. The van der Waals surface area contributed by atoms with Crippen molar-refractivity contribution >= 4 is 5.91 Å². The van der Waals surface area contributed by atoms with E-state index in [4.69, 9.17) is 0 Å². The zero-order chi connectivity index (χ0) is 20.4. The first kappa shape index (κ1) is 19.0. The van der Waals surface area contributed by atoms with Crippen molar-refractivity contribution in [3.63, 3.8) is 0 Å². The maximum Gasteiger partial charge on any atom is 0.387 e. The van der Waals surface area contributed by atoms with E-state index in [2.05, 4.69) is 15.2 Å². The van der Waals surface area contributed by atoms with Crippen molar-refractivity contribution in [1.29, 1.82) is 0 Å². The third-order valence-electron chi connectivity index (χ3n) is 4.84. The fraction of sp³-hybridized carbons (Fsp3) is 0.238. The molecule has 0 fully saturated rings. The number of hydrogen-bond donors (Lipinski definition) is 1. The molecule has 0 bridgehead atoms. The Morgan fingerprint density at radius 2 is 1.90 bits per heavy atom. The second-order valence-corrected chi connectivity index (χ2v) is 6.68. The van der Waals surface area contributed by atoms with Gasteiger partial charge in [-0.3, -0.25) is 4.79 Å². The van der Waals surface area contributed by atoms with E-state index in [1.54, 1.807) is 35.0 Å². The molecule has 1 aromatic heterocycles. The molecule has 3 aromatic rings. The maximum absolute atomic E-state index is 13.2. The number of nitrogens with zero attached hydrogens (tertiary/aromatic N) is 2. The van der Waals surface area contributed by atoms with Gasteiger partial charge < -0.3 is 10.1 Å². The van der Waals surface area contributed by atoms with Crippen LogP contribution >= 0.6 is 0 Å². The number of aromatic nitrogens is 2. The van der Waals surface area contributed by atoms with Crippen LogP contribution in [0.2, 0.25) is 0 Å². The predicted octanol–water partition coefficient (Wildman–Crippen LogP) is 4.03. The minimum Gasteiger partial charge on any atom is -0.434 e.